The van der Waals surface area contributed by atoms with Gasteiger partial charge in [-0.15, -0.1) is 11.8 Å². The van der Waals surface area contributed by atoms with Crippen LogP contribution >= 0.6 is 23.4 Å². The van der Waals surface area contributed by atoms with Gasteiger partial charge in [0.2, 0.25) is 11.8 Å². The van der Waals surface area contributed by atoms with E-state index in [1.165, 1.54) is 40.6 Å². The number of benzene rings is 4. The number of sulfone groups is 1. The standard InChI is InChI=1S/C60H68ClF3N8O7S3/c1-59(2)24-22-52(41-8-12-45(61)13-9-41)44(32-59)36-69-26-28-70(29-27-69)47-14-10-42(11-15-47)57(74)68-82(78,79)51-18-20-54(55(31-51)81(76,77)60(62,63)64)66-46(39-80-50-6-4-3-5-7-50)23-25-71-37-49-17-16-48(71)38-72(49)35-40-30-43(34-65-33-40)53-19-21-56(73)67-58(53)75/h3-15,18,20,30-31,33-34,46,48-49,53,66H,16-17,19,21-29,32,35-39H2,1-2H3,(H,68,74)(H,67,73,75)/t46-,48?,49?,53?/m1/s1. The molecule has 0 saturated carbocycles. The van der Waals surface area contributed by atoms with Gasteiger partial charge in [0.1, 0.15) is 4.90 Å². The fourth-order valence-corrected chi connectivity index (χ4v) is 15.3. The molecule has 1 aromatic heterocycles. The zero-order valence-electron chi connectivity index (χ0n) is 45.8. The Morgan fingerprint density at radius 1 is 0.841 bits per heavy atom. The number of pyridine rings is 1. The number of carbonyl (C=O) groups excluding carboxylic acids is 3. The SMILES string of the molecule is CC1(C)CCC(c2ccc(Cl)cc2)=C(CN2CCN(c3ccc(C(=O)NS(=O)(=O)c4ccc(N[C@H](CCN5CC6CCC5CN6Cc5cncc(C6CCC(=O)NC6=O)c5)CSc5ccccc5)c(S(=O)(=O)C(F)(F)F)c4)cc3)CC2)C1. The summed E-state index contributed by atoms with van der Waals surface area (Å²) in [7, 11) is -11.0. The van der Waals surface area contributed by atoms with Crippen molar-refractivity contribution in [3.05, 3.63) is 148 Å². The number of carbonyl (C=O) groups is 3. The van der Waals surface area contributed by atoms with Crippen molar-refractivity contribution in [2.24, 2.45) is 5.41 Å². The number of alkyl halides is 3. The molecule has 0 spiro atoms. The van der Waals surface area contributed by atoms with Crippen molar-refractivity contribution >= 4 is 77.9 Å². The van der Waals surface area contributed by atoms with Gasteiger partial charge in [-0.05, 0) is 139 Å². The first-order valence-electron chi connectivity index (χ1n) is 27.8. The highest BCUT2D eigenvalue weighted by Crippen LogP contribution is 2.43. The van der Waals surface area contributed by atoms with Crippen molar-refractivity contribution in [2.75, 3.05) is 68.3 Å². The summed E-state index contributed by atoms with van der Waals surface area (Å²) >= 11 is 7.66. The second kappa shape index (κ2) is 24.8. The number of hydrogen-bond donors (Lipinski definition) is 3. The van der Waals surface area contributed by atoms with Crippen LogP contribution in [0.5, 0.6) is 0 Å². The molecule has 4 atom stereocenters. The van der Waals surface area contributed by atoms with Crippen LogP contribution in [0.15, 0.2) is 136 Å². The van der Waals surface area contributed by atoms with E-state index < -0.39 is 58.7 Å². The van der Waals surface area contributed by atoms with Gasteiger partial charge in [-0.25, -0.2) is 21.6 Å². The largest absolute Gasteiger partial charge is 0.501 e. The second-order valence-electron chi connectivity index (χ2n) is 23.0. The predicted molar refractivity (Wildman–Crippen MR) is 313 cm³/mol. The minimum Gasteiger partial charge on any atom is -0.380 e. The Kier molecular flexibility index (Phi) is 17.9. The highest BCUT2D eigenvalue weighted by atomic mass is 35.5. The molecule has 6 heterocycles. The first-order valence-corrected chi connectivity index (χ1v) is 32.2. The summed E-state index contributed by atoms with van der Waals surface area (Å²) in [4.78, 5) is 50.6. The highest BCUT2D eigenvalue weighted by molar-refractivity contribution is 7.99. The quantitative estimate of drug-likeness (QED) is 0.0525. The Morgan fingerprint density at radius 3 is 2.23 bits per heavy atom. The molecule has 3 amide bonds. The van der Waals surface area contributed by atoms with E-state index >= 15 is 0 Å². The molecule has 1 aliphatic carbocycles. The molecule has 0 radical (unpaired) electrons. The first kappa shape index (κ1) is 59.4. The van der Waals surface area contributed by atoms with Crippen LogP contribution < -0.4 is 20.3 Å². The fourth-order valence-electron chi connectivity index (χ4n) is 12.2. The van der Waals surface area contributed by atoms with Crippen molar-refractivity contribution in [1.29, 1.82) is 0 Å². The number of sulfonamides is 1. The molecule has 3 N–H and O–H groups in total. The van der Waals surface area contributed by atoms with Crippen molar-refractivity contribution in [1.82, 2.24) is 29.7 Å². The van der Waals surface area contributed by atoms with Crippen LogP contribution in [0.2, 0.25) is 5.02 Å². The van der Waals surface area contributed by atoms with Gasteiger partial charge in [-0.1, -0.05) is 67.4 Å². The van der Waals surface area contributed by atoms with Gasteiger partial charge in [0.05, 0.1) is 16.5 Å². The summed E-state index contributed by atoms with van der Waals surface area (Å²) in [6, 6.07) is 28.1. The van der Waals surface area contributed by atoms with Gasteiger partial charge < -0.3 is 10.2 Å². The Balaban J connectivity index is 0.790. The van der Waals surface area contributed by atoms with Crippen molar-refractivity contribution in [3.8, 4) is 0 Å². The monoisotopic (exact) mass is 1200 g/mol. The van der Waals surface area contributed by atoms with Gasteiger partial charge in [-0.2, -0.15) is 13.2 Å². The molecule has 5 aromatic rings. The Labute approximate surface area is 487 Å². The number of anilines is 2. The molecular formula is C60H68ClF3N8O7S3. The second-order valence-corrected chi connectivity index (χ2v) is 28.1. The van der Waals surface area contributed by atoms with Crippen LogP contribution in [0.25, 0.3) is 5.57 Å². The number of halogens is 4. The Hall–Kier alpha value is -5.81. The summed E-state index contributed by atoms with van der Waals surface area (Å²) in [6.07, 6.45) is 9.57. The summed E-state index contributed by atoms with van der Waals surface area (Å²) < 4.78 is 100. The van der Waals surface area contributed by atoms with Crippen LogP contribution in [-0.2, 0) is 36.0 Å². The number of piperazine rings is 2. The zero-order chi connectivity index (χ0) is 58.0. The number of nitrogens with one attached hydrogen (secondary N) is 3. The number of allylic oxidation sites excluding steroid dienone is 1. The number of rotatable bonds is 19. The van der Waals surface area contributed by atoms with E-state index in [-0.39, 0.29) is 41.3 Å². The van der Waals surface area contributed by atoms with Crippen LogP contribution in [0.4, 0.5) is 24.5 Å². The summed E-state index contributed by atoms with van der Waals surface area (Å²) in [5.41, 5.74) is 0.571. The lowest BCUT2D eigenvalue weighted by Gasteiger charge is -2.52. The van der Waals surface area contributed by atoms with Crippen molar-refractivity contribution in [3.63, 3.8) is 0 Å². The average molecular weight is 1200 g/mol. The molecular weight excluding hydrogens is 1130 g/mol. The third-order valence-electron chi connectivity index (χ3n) is 16.6. The maximum Gasteiger partial charge on any atom is 0.501 e. The number of imide groups is 1. The lowest BCUT2D eigenvalue weighted by molar-refractivity contribution is -0.134. The van der Waals surface area contributed by atoms with Gasteiger partial charge in [0.25, 0.3) is 25.8 Å². The number of nitrogens with zero attached hydrogens (tertiary/aromatic N) is 5. The molecule has 11 rings (SSSR count). The van der Waals surface area contributed by atoms with E-state index in [1.807, 2.05) is 53.3 Å². The molecule has 4 aromatic carbocycles. The normalized spacial score (nSPS) is 21.5. The summed E-state index contributed by atoms with van der Waals surface area (Å²) in [5.74, 6) is -1.76. The predicted octanol–water partition coefficient (Wildman–Crippen LogP) is 9.76. The third-order valence-corrected chi connectivity index (χ3v) is 20.9. The number of piperidine rings is 3. The molecule has 436 valence electrons. The molecule has 82 heavy (non-hydrogen) atoms. The smallest absolute Gasteiger partial charge is 0.380 e. The number of thioether (sulfide) groups is 1. The van der Waals surface area contributed by atoms with Crippen LogP contribution in [0.3, 0.4) is 0 Å². The van der Waals surface area contributed by atoms with Crippen molar-refractivity contribution < 1.29 is 44.4 Å². The molecule has 2 bridgehead atoms. The first-order chi connectivity index (χ1) is 39.1. The topological polar surface area (TPSA) is 181 Å². The maximum absolute atomic E-state index is 14.5. The molecule has 5 saturated heterocycles. The lowest BCUT2D eigenvalue weighted by atomic mass is 9.73. The number of amides is 3. The minimum absolute atomic E-state index is 0.0172. The average Bonchev–Trinajstić information content (AvgIpc) is 3.37. The van der Waals surface area contributed by atoms with Gasteiger partial charge >= 0.3 is 5.51 Å². The molecule has 22 heteroatoms. The summed E-state index contributed by atoms with van der Waals surface area (Å²) in [5, 5.41) is 6.21. The molecule has 5 fully saturated rings. The molecule has 6 aliphatic rings. The van der Waals surface area contributed by atoms with E-state index in [1.54, 1.807) is 24.5 Å². The van der Waals surface area contributed by atoms with E-state index in [2.05, 4.69) is 61.2 Å². The highest BCUT2D eigenvalue weighted by Gasteiger charge is 2.49. The Bertz CT molecular complexity index is 3420. The fraction of sp³-hybridized carbons (Fsp3) is 0.433. The van der Waals surface area contributed by atoms with E-state index in [0.29, 0.717) is 42.8 Å². The number of hydrogen-bond acceptors (Lipinski definition) is 14. The van der Waals surface area contributed by atoms with E-state index in [0.717, 1.165) is 112 Å². The third kappa shape index (κ3) is 14.0. The zero-order valence-corrected chi connectivity index (χ0v) is 49.0. The number of fused-ring (bicyclic) bond motifs is 3. The van der Waals surface area contributed by atoms with Crippen LogP contribution in [0.1, 0.15) is 98.2 Å². The van der Waals surface area contributed by atoms with E-state index in [9.17, 15) is 44.4 Å². The molecule has 3 unspecified atom stereocenters. The van der Waals surface area contributed by atoms with E-state index in [4.69, 9.17) is 11.6 Å². The lowest BCUT2D eigenvalue weighted by Crippen LogP contribution is -2.62. The van der Waals surface area contributed by atoms with Crippen molar-refractivity contribution in [2.45, 2.75) is 116 Å². The van der Waals surface area contributed by atoms with Crippen LogP contribution in [-0.4, -0.2) is 136 Å². The van der Waals surface area contributed by atoms with Gasteiger partial charge in [0, 0.05) is 123 Å². The van der Waals surface area contributed by atoms with Crippen LogP contribution in [0, 0.1) is 5.41 Å². The Morgan fingerprint density at radius 2 is 1.55 bits per heavy atom. The number of aromatic nitrogens is 1. The maximum atomic E-state index is 14.5. The molecule has 15 nitrogen and oxygen atoms in total. The molecule has 5 aliphatic heterocycles. The summed E-state index contributed by atoms with van der Waals surface area (Å²) in [6.45, 7) is 11.2. The van der Waals surface area contributed by atoms with Gasteiger partial charge in [-0.3, -0.25) is 39.4 Å². The van der Waals surface area contributed by atoms with Gasteiger partial charge in [0.15, 0.2) is 0 Å². The minimum atomic E-state index is -6.13.